The van der Waals surface area contributed by atoms with Crippen molar-refractivity contribution in [2.24, 2.45) is 0 Å². The first kappa shape index (κ1) is 16.8. The monoisotopic (exact) mass is 359 g/mol. The molecule has 10 nitrogen and oxygen atoms in total. The van der Waals surface area contributed by atoms with Gasteiger partial charge in [0.05, 0.1) is 17.0 Å². The fourth-order valence-corrected chi connectivity index (χ4v) is 3.42. The van der Waals surface area contributed by atoms with E-state index < -0.39 is 33.4 Å². The number of nitro benzene ring substituents is 1. The highest BCUT2D eigenvalue weighted by molar-refractivity contribution is 7.87. The van der Waals surface area contributed by atoms with Gasteiger partial charge in [-0.1, -0.05) is 12.1 Å². The normalized spacial score (nSPS) is 11.2. The molecule has 0 fully saturated rings. The van der Waals surface area contributed by atoms with Gasteiger partial charge in [0.1, 0.15) is 5.00 Å². The first-order chi connectivity index (χ1) is 10.7. The summed E-state index contributed by atoms with van der Waals surface area (Å²) in [7, 11) is -4.76. The van der Waals surface area contributed by atoms with E-state index in [1.54, 1.807) is 0 Å². The van der Waals surface area contributed by atoms with E-state index in [0.717, 1.165) is 16.8 Å². The number of benzene rings is 1. The van der Waals surface area contributed by atoms with Crippen LogP contribution in [0, 0.1) is 10.1 Å². The van der Waals surface area contributed by atoms with Gasteiger partial charge in [-0.15, -0.1) is 11.3 Å². The van der Waals surface area contributed by atoms with Crippen molar-refractivity contribution in [3.05, 3.63) is 51.1 Å². The number of hydrogen-bond acceptors (Lipinski definition) is 7. The SMILES string of the molecule is O=C(O)c1ncsc1N(Cc1ccc([N+](=O)[O-])cc1)S(=O)(=O)O. The molecule has 23 heavy (non-hydrogen) atoms. The van der Waals surface area contributed by atoms with Crippen molar-refractivity contribution >= 4 is 38.3 Å². The molecule has 1 heterocycles. The zero-order valence-corrected chi connectivity index (χ0v) is 12.8. The molecule has 2 aromatic rings. The molecule has 0 spiro atoms. The molecule has 0 amide bonds. The predicted octanol–water partition coefficient (Wildman–Crippen LogP) is 1.56. The van der Waals surface area contributed by atoms with Crippen molar-refractivity contribution < 1.29 is 27.8 Å². The summed E-state index contributed by atoms with van der Waals surface area (Å²) in [6.07, 6.45) is 0. The molecule has 2 N–H and O–H groups in total. The molecule has 0 bridgehead atoms. The van der Waals surface area contributed by atoms with Gasteiger partial charge in [-0.05, 0) is 5.56 Å². The van der Waals surface area contributed by atoms with Gasteiger partial charge in [0.25, 0.3) is 5.69 Å². The van der Waals surface area contributed by atoms with Crippen molar-refractivity contribution in [3.63, 3.8) is 0 Å². The number of aromatic nitrogens is 1. The number of aromatic carboxylic acids is 1. The van der Waals surface area contributed by atoms with E-state index in [9.17, 15) is 27.9 Å². The van der Waals surface area contributed by atoms with Crippen LogP contribution in [-0.4, -0.2) is 34.0 Å². The molecule has 0 aliphatic rings. The molecule has 0 atom stereocenters. The summed E-state index contributed by atoms with van der Waals surface area (Å²) in [6, 6.07) is 4.94. The van der Waals surface area contributed by atoms with Crippen LogP contribution < -0.4 is 4.31 Å². The summed E-state index contributed by atoms with van der Waals surface area (Å²) < 4.78 is 32.9. The highest BCUT2D eigenvalue weighted by Crippen LogP contribution is 2.29. The summed E-state index contributed by atoms with van der Waals surface area (Å²) in [4.78, 5) is 24.6. The Morgan fingerprint density at radius 3 is 2.43 bits per heavy atom. The fraction of sp³-hybridized carbons (Fsp3) is 0.0909. The topological polar surface area (TPSA) is 151 Å². The van der Waals surface area contributed by atoms with Crippen LogP contribution in [0.5, 0.6) is 0 Å². The Labute approximate surface area is 133 Å². The Balaban J connectivity index is 2.39. The van der Waals surface area contributed by atoms with Crippen molar-refractivity contribution in [3.8, 4) is 0 Å². The van der Waals surface area contributed by atoms with Crippen LogP contribution in [-0.2, 0) is 16.8 Å². The largest absolute Gasteiger partial charge is 0.476 e. The lowest BCUT2D eigenvalue weighted by molar-refractivity contribution is -0.384. The Morgan fingerprint density at radius 1 is 1.35 bits per heavy atom. The van der Waals surface area contributed by atoms with Crippen molar-refractivity contribution in [1.82, 2.24) is 4.98 Å². The molecule has 0 aliphatic heterocycles. The minimum atomic E-state index is -4.76. The van der Waals surface area contributed by atoms with Gasteiger partial charge in [0.15, 0.2) is 5.69 Å². The molecule has 12 heteroatoms. The maximum Gasteiger partial charge on any atom is 0.360 e. The Kier molecular flexibility index (Phi) is 4.58. The van der Waals surface area contributed by atoms with E-state index in [4.69, 9.17) is 5.11 Å². The van der Waals surface area contributed by atoms with Gasteiger partial charge < -0.3 is 5.11 Å². The summed E-state index contributed by atoms with van der Waals surface area (Å²) in [5, 5.41) is 19.3. The van der Waals surface area contributed by atoms with Gasteiger partial charge >= 0.3 is 16.3 Å². The highest BCUT2D eigenvalue weighted by Gasteiger charge is 2.27. The van der Waals surface area contributed by atoms with Gasteiger partial charge in [-0.3, -0.25) is 14.7 Å². The molecular weight excluding hydrogens is 350 g/mol. The van der Waals surface area contributed by atoms with Gasteiger partial charge in [0.2, 0.25) is 0 Å². The lowest BCUT2D eigenvalue weighted by Gasteiger charge is -2.19. The number of nitrogens with zero attached hydrogens (tertiary/aromatic N) is 3. The lowest BCUT2D eigenvalue weighted by atomic mass is 10.2. The lowest BCUT2D eigenvalue weighted by Crippen LogP contribution is -2.30. The fourth-order valence-electron chi connectivity index (χ4n) is 1.71. The van der Waals surface area contributed by atoms with E-state index >= 15 is 0 Å². The van der Waals surface area contributed by atoms with Crippen molar-refractivity contribution in [2.75, 3.05) is 4.31 Å². The molecule has 1 aromatic carbocycles. The van der Waals surface area contributed by atoms with Crippen molar-refractivity contribution in [1.29, 1.82) is 0 Å². The van der Waals surface area contributed by atoms with Crippen LogP contribution in [0.15, 0.2) is 29.8 Å². The summed E-state index contributed by atoms with van der Waals surface area (Å²) >= 11 is 0.727. The number of nitro groups is 1. The predicted molar refractivity (Wildman–Crippen MR) is 79.9 cm³/mol. The average molecular weight is 359 g/mol. The molecule has 0 unspecified atom stereocenters. The van der Waals surface area contributed by atoms with E-state index in [1.165, 1.54) is 24.3 Å². The van der Waals surface area contributed by atoms with Crippen LogP contribution >= 0.6 is 11.3 Å². The minimum Gasteiger partial charge on any atom is -0.476 e. The van der Waals surface area contributed by atoms with Crippen molar-refractivity contribution in [2.45, 2.75) is 6.54 Å². The smallest absolute Gasteiger partial charge is 0.360 e. The van der Waals surface area contributed by atoms with Crippen LogP contribution in [0.1, 0.15) is 16.1 Å². The number of carbonyl (C=O) groups is 1. The second-order valence-electron chi connectivity index (χ2n) is 4.22. The van der Waals surface area contributed by atoms with E-state index in [2.05, 4.69) is 4.98 Å². The number of non-ortho nitro benzene ring substituents is 1. The molecule has 0 aliphatic carbocycles. The van der Waals surface area contributed by atoms with Gasteiger partial charge in [-0.2, -0.15) is 8.42 Å². The van der Waals surface area contributed by atoms with Crippen LogP contribution in [0.4, 0.5) is 10.7 Å². The van der Waals surface area contributed by atoms with Crippen LogP contribution in [0.25, 0.3) is 0 Å². The number of rotatable bonds is 6. The second-order valence-corrected chi connectivity index (χ2v) is 6.39. The number of thiazole rings is 1. The molecular formula is C11H9N3O7S2. The molecule has 2 rings (SSSR count). The summed E-state index contributed by atoms with van der Waals surface area (Å²) in [5.41, 5.74) is 0.746. The first-order valence-electron chi connectivity index (χ1n) is 5.85. The maximum absolute atomic E-state index is 11.5. The zero-order valence-electron chi connectivity index (χ0n) is 11.2. The average Bonchev–Trinajstić information content (AvgIpc) is 2.93. The summed E-state index contributed by atoms with van der Waals surface area (Å²) in [6.45, 7) is -0.403. The molecule has 0 saturated carbocycles. The van der Waals surface area contributed by atoms with Gasteiger partial charge in [-0.25, -0.2) is 14.1 Å². The third-order valence-corrected chi connectivity index (χ3v) is 4.56. The third-order valence-electron chi connectivity index (χ3n) is 2.73. The maximum atomic E-state index is 11.5. The van der Waals surface area contributed by atoms with E-state index in [0.29, 0.717) is 9.87 Å². The number of carboxylic acid groups (broad SMARTS) is 1. The van der Waals surface area contributed by atoms with E-state index in [1.807, 2.05) is 0 Å². The quantitative estimate of drug-likeness (QED) is 0.448. The van der Waals surface area contributed by atoms with Crippen LogP contribution in [0.2, 0.25) is 0 Å². The number of hydrogen-bond donors (Lipinski definition) is 2. The Morgan fingerprint density at radius 2 is 1.96 bits per heavy atom. The number of anilines is 1. The van der Waals surface area contributed by atoms with Crippen LogP contribution in [0.3, 0.4) is 0 Å². The Bertz CT molecular complexity index is 845. The first-order valence-corrected chi connectivity index (χ1v) is 8.13. The highest BCUT2D eigenvalue weighted by atomic mass is 32.2. The zero-order chi connectivity index (χ0) is 17.2. The second kappa shape index (κ2) is 6.28. The standard InChI is InChI=1S/C11H9N3O7S2/c15-11(16)9-10(22-6-12-9)13(23(19,20)21)5-7-1-3-8(4-2-7)14(17)18/h1-4,6H,5H2,(H,15,16)(H,19,20,21). The Hall–Kier alpha value is -2.57. The molecule has 1 aromatic heterocycles. The summed E-state index contributed by atoms with van der Waals surface area (Å²) in [5.74, 6) is -1.45. The molecule has 122 valence electrons. The molecule has 0 radical (unpaired) electrons. The minimum absolute atomic E-state index is 0.184. The molecule has 0 saturated heterocycles. The van der Waals surface area contributed by atoms with Gasteiger partial charge in [0, 0.05) is 12.1 Å². The third kappa shape index (κ3) is 3.80. The van der Waals surface area contributed by atoms with E-state index in [-0.39, 0.29) is 10.7 Å². The number of carboxylic acids is 1.